The van der Waals surface area contributed by atoms with Crippen LogP contribution in [0.5, 0.6) is 0 Å². The SMILES string of the molecule is NC(=O)c1ccc(C(CO)CO)c(C(N)=O)c1C(CO)CO. The highest BCUT2D eigenvalue weighted by molar-refractivity contribution is 6.02. The van der Waals surface area contributed by atoms with E-state index in [1.165, 1.54) is 12.1 Å². The molecule has 0 aliphatic heterocycles. The summed E-state index contributed by atoms with van der Waals surface area (Å²) >= 11 is 0. The van der Waals surface area contributed by atoms with Crippen molar-refractivity contribution in [3.05, 3.63) is 34.4 Å². The molecule has 0 saturated heterocycles. The summed E-state index contributed by atoms with van der Waals surface area (Å²) in [5, 5.41) is 37.4. The molecule has 0 aliphatic rings. The molecule has 0 radical (unpaired) electrons. The van der Waals surface area contributed by atoms with Crippen molar-refractivity contribution in [2.24, 2.45) is 11.5 Å². The average molecular weight is 312 g/mol. The van der Waals surface area contributed by atoms with E-state index in [2.05, 4.69) is 0 Å². The largest absolute Gasteiger partial charge is 0.396 e. The summed E-state index contributed by atoms with van der Waals surface area (Å²) < 4.78 is 0. The van der Waals surface area contributed by atoms with E-state index in [-0.39, 0.29) is 22.3 Å². The third-order valence-corrected chi connectivity index (χ3v) is 3.52. The van der Waals surface area contributed by atoms with Gasteiger partial charge in [0.05, 0.1) is 26.4 Å². The van der Waals surface area contributed by atoms with E-state index in [0.29, 0.717) is 0 Å². The molecule has 2 amide bonds. The Morgan fingerprint density at radius 3 is 1.73 bits per heavy atom. The van der Waals surface area contributed by atoms with Crippen LogP contribution in [0.3, 0.4) is 0 Å². The fraction of sp³-hybridized carbons (Fsp3) is 0.429. The molecule has 0 saturated carbocycles. The van der Waals surface area contributed by atoms with Crippen LogP contribution in [-0.4, -0.2) is 58.7 Å². The second-order valence-electron chi connectivity index (χ2n) is 4.84. The number of benzene rings is 1. The first-order valence-electron chi connectivity index (χ1n) is 6.62. The number of hydrogen-bond acceptors (Lipinski definition) is 6. The molecule has 1 aromatic carbocycles. The molecule has 0 fully saturated rings. The van der Waals surface area contributed by atoms with Crippen LogP contribution in [-0.2, 0) is 0 Å². The average Bonchev–Trinajstić information content (AvgIpc) is 2.49. The molecule has 8 heteroatoms. The number of carbonyl (C=O) groups excluding carboxylic acids is 2. The predicted molar refractivity (Wildman–Crippen MR) is 77.3 cm³/mol. The molecule has 1 rings (SSSR count). The van der Waals surface area contributed by atoms with Crippen LogP contribution < -0.4 is 11.5 Å². The summed E-state index contributed by atoms with van der Waals surface area (Å²) in [6, 6.07) is 2.68. The van der Waals surface area contributed by atoms with Crippen molar-refractivity contribution < 1.29 is 30.0 Å². The maximum atomic E-state index is 11.8. The second-order valence-corrected chi connectivity index (χ2v) is 4.84. The summed E-state index contributed by atoms with van der Waals surface area (Å²) in [6.45, 7) is -1.98. The van der Waals surface area contributed by atoms with Crippen molar-refractivity contribution in [3.8, 4) is 0 Å². The lowest BCUT2D eigenvalue weighted by atomic mass is 9.83. The monoisotopic (exact) mass is 312 g/mol. The van der Waals surface area contributed by atoms with Gasteiger partial charge in [0.25, 0.3) is 0 Å². The normalized spacial score (nSPS) is 11.2. The Kier molecular flexibility index (Phi) is 6.44. The molecule has 0 aliphatic carbocycles. The molecule has 1 aromatic rings. The lowest BCUT2D eigenvalue weighted by molar-refractivity contribution is 0.0994. The molecular formula is C14H20N2O6. The first-order valence-corrected chi connectivity index (χ1v) is 6.62. The van der Waals surface area contributed by atoms with Crippen molar-refractivity contribution in [2.45, 2.75) is 11.8 Å². The van der Waals surface area contributed by atoms with Gasteiger partial charge in [-0.05, 0) is 17.2 Å². The van der Waals surface area contributed by atoms with E-state index < -0.39 is 50.1 Å². The van der Waals surface area contributed by atoms with Crippen LogP contribution in [0.15, 0.2) is 12.1 Å². The van der Waals surface area contributed by atoms with Crippen molar-refractivity contribution in [1.29, 1.82) is 0 Å². The van der Waals surface area contributed by atoms with Crippen molar-refractivity contribution in [3.63, 3.8) is 0 Å². The summed E-state index contributed by atoms with van der Waals surface area (Å²) in [6.07, 6.45) is 0. The topological polar surface area (TPSA) is 167 Å². The Labute approximate surface area is 127 Å². The smallest absolute Gasteiger partial charge is 0.249 e. The quantitative estimate of drug-likeness (QED) is 0.325. The van der Waals surface area contributed by atoms with E-state index >= 15 is 0 Å². The number of aliphatic hydroxyl groups excluding tert-OH is 4. The minimum absolute atomic E-state index is 0.0226. The molecule has 0 spiro atoms. The van der Waals surface area contributed by atoms with E-state index in [1.807, 2.05) is 0 Å². The van der Waals surface area contributed by atoms with Gasteiger partial charge in [0.15, 0.2) is 0 Å². The van der Waals surface area contributed by atoms with Crippen LogP contribution in [0.2, 0.25) is 0 Å². The zero-order chi connectivity index (χ0) is 16.9. The number of aliphatic hydroxyl groups is 4. The summed E-state index contributed by atoms with van der Waals surface area (Å²) in [7, 11) is 0. The van der Waals surface area contributed by atoms with Gasteiger partial charge in [0.2, 0.25) is 11.8 Å². The molecule has 0 bridgehead atoms. The van der Waals surface area contributed by atoms with Gasteiger partial charge < -0.3 is 31.9 Å². The number of nitrogens with two attached hydrogens (primary N) is 2. The molecule has 0 aromatic heterocycles. The van der Waals surface area contributed by atoms with E-state index in [4.69, 9.17) is 11.5 Å². The molecule has 122 valence electrons. The molecule has 0 unspecified atom stereocenters. The van der Waals surface area contributed by atoms with Crippen molar-refractivity contribution in [1.82, 2.24) is 0 Å². The van der Waals surface area contributed by atoms with Crippen molar-refractivity contribution >= 4 is 11.8 Å². The summed E-state index contributed by atoms with van der Waals surface area (Å²) in [4.78, 5) is 23.4. The Balaban J connectivity index is 3.75. The van der Waals surface area contributed by atoms with Crippen LogP contribution in [0, 0.1) is 0 Å². The number of hydrogen-bond donors (Lipinski definition) is 6. The lowest BCUT2D eigenvalue weighted by Gasteiger charge is -2.23. The lowest BCUT2D eigenvalue weighted by Crippen LogP contribution is -2.27. The second kappa shape index (κ2) is 7.85. The predicted octanol–water partition coefficient (Wildman–Crippen LogP) is -1.98. The van der Waals surface area contributed by atoms with Gasteiger partial charge in [-0.3, -0.25) is 9.59 Å². The van der Waals surface area contributed by atoms with Gasteiger partial charge in [-0.1, -0.05) is 6.07 Å². The first kappa shape index (κ1) is 18.1. The van der Waals surface area contributed by atoms with Crippen LogP contribution in [0.4, 0.5) is 0 Å². The molecule has 0 heterocycles. The number of rotatable bonds is 8. The Bertz CT molecular complexity index is 553. The molecule has 0 atom stereocenters. The Morgan fingerprint density at radius 2 is 1.36 bits per heavy atom. The van der Waals surface area contributed by atoms with Gasteiger partial charge in [-0.2, -0.15) is 0 Å². The van der Waals surface area contributed by atoms with Crippen LogP contribution >= 0.6 is 0 Å². The first-order chi connectivity index (χ1) is 10.4. The number of amides is 2. The minimum atomic E-state index is -0.942. The van der Waals surface area contributed by atoms with E-state index in [0.717, 1.165) is 0 Å². The molecule has 8 nitrogen and oxygen atoms in total. The highest BCUT2D eigenvalue weighted by atomic mass is 16.3. The zero-order valence-electron chi connectivity index (χ0n) is 11.9. The van der Waals surface area contributed by atoms with Crippen molar-refractivity contribution in [2.75, 3.05) is 26.4 Å². The highest BCUT2D eigenvalue weighted by Crippen LogP contribution is 2.30. The third-order valence-electron chi connectivity index (χ3n) is 3.52. The third kappa shape index (κ3) is 3.42. The fourth-order valence-corrected chi connectivity index (χ4v) is 2.39. The van der Waals surface area contributed by atoms with Gasteiger partial charge in [0.1, 0.15) is 0 Å². The summed E-state index contributed by atoms with van der Waals surface area (Å²) in [5.74, 6) is -3.49. The maximum absolute atomic E-state index is 11.8. The number of primary amides is 2. The highest BCUT2D eigenvalue weighted by Gasteiger charge is 2.28. The van der Waals surface area contributed by atoms with Crippen LogP contribution in [0.25, 0.3) is 0 Å². The van der Waals surface area contributed by atoms with Gasteiger partial charge >= 0.3 is 0 Å². The number of carbonyl (C=O) groups is 2. The zero-order valence-corrected chi connectivity index (χ0v) is 11.9. The summed E-state index contributed by atoms with van der Waals surface area (Å²) in [5.41, 5.74) is 10.7. The van der Waals surface area contributed by atoms with Gasteiger partial charge in [0, 0.05) is 23.0 Å². The van der Waals surface area contributed by atoms with Gasteiger partial charge in [-0.25, -0.2) is 0 Å². The fourth-order valence-electron chi connectivity index (χ4n) is 2.39. The van der Waals surface area contributed by atoms with Gasteiger partial charge in [-0.15, -0.1) is 0 Å². The molecule has 8 N–H and O–H groups in total. The standard InChI is InChI=1S/C14H20N2O6/c15-13(21)10-2-1-9(7(3-17)4-18)12(14(16)22)11(10)8(5-19)6-20/h1-2,7-8,17-20H,3-6H2,(H2,15,21)(H2,16,22). The maximum Gasteiger partial charge on any atom is 0.249 e. The van der Waals surface area contributed by atoms with E-state index in [1.54, 1.807) is 0 Å². The minimum Gasteiger partial charge on any atom is -0.396 e. The molecule has 22 heavy (non-hydrogen) atoms. The van der Waals surface area contributed by atoms with Crippen LogP contribution in [0.1, 0.15) is 43.7 Å². The Hall–Kier alpha value is -2.00. The van der Waals surface area contributed by atoms with E-state index in [9.17, 15) is 30.0 Å². The molecular weight excluding hydrogens is 292 g/mol. The Morgan fingerprint density at radius 1 is 0.864 bits per heavy atom.